The summed E-state index contributed by atoms with van der Waals surface area (Å²) in [5.41, 5.74) is 7.69. The molecule has 0 amide bonds. The summed E-state index contributed by atoms with van der Waals surface area (Å²) in [5, 5.41) is 0. The first kappa shape index (κ1) is 12.5. The molecule has 2 aromatic rings. The van der Waals surface area contributed by atoms with Crippen LogP contribution in [0.5, 0.6) is 0 Å². The number of pyridine rings is 1. The van der Waals surface area contributed by atoms with Crippen LogP contribution < -0.4 is 10.6 Å². The quantitative estimate of drug-likeness (QED) is 0.854. The number of anilines is 1. The van der Waals surface area contributed by atoms with Crippen LogP contribution in [-0.4, -0.2) is 17.0 Å². The zero-order chi connectivity index (χ0) is 13.0. The van der Waals surface area contributed by atoms with Gasteiger partial charge >= 0.3 is 0 Å². The van der Waals surface area contributed by atoms with E-state index < -0.39 is 0 Å². The topological polar surface area (TPSA) is 42.1 Å². The minimum atomic E-state index is 0.428. The molecule has 4 heteroatoms. The van der Waals surface area contributed by atoms with Gasteiger partial charge in [-0.2, -0.15) is 0 Å². The first-order chi connectivity index (χ1) is 8.66. The Balaban J connectivity index is 2.14. The molecule has 1 heterocycles. The molecule has 0 bridgehead atoms. The van der Waals surface area contributed by atoms with Crippen LogP contribution in [0.25, 0.3) is 0 Å². The van der Waals surface area contributed by atoms with Crippen molar-refractivity contribution < 1.29 is 0 Å². The summed E-state index contributed by atoms with van der Waals surface area (Å²) in [6.07, 6.45) is 1.79. The Hall–Kier alpha value is -1.94. The van der Waals surface area contributed by atoms with Crippen LogP contribution in [0.4, 0.5) is 5.82 Å². The lowest BCUT2D eigenvalue weighted by molar-refractivity contribution is 0.898. The van der Waals surface area contributed by atoms with Crippen molar-refractivity contribution in [2.75, 3.05) is 11.9 Å². The van der Waals surface area contributed by atoms with Crippen molar-refractivity contribution >= 4 is 23.0 Å². The molecule has 2 N–H and O–H groups in total. The molecule has 3 nitrogen and oxygen atoms in total. The summed E-state index contributed by atoms with van der Waals surface area (Å²) >= 11 is 4.98. The van der Waals surface area contributed by atoms with Crippen LogP contribution >= 0.6 is 12.2 Å². The highest BCUT2D eigenvalue weighted by Crippen LogP contribution is 2.13. The lowest BCUT2D eigenvalue weighted by Gasteiger charge is -2.18. The summed E-state index contributed by atoms with van der Waals surface area (Å²) in [6.45, 7) is 0.771. The Morgan fingerprint density at radius 1 is 1.28 bits per heavy atom. The van der Waals surface area contributed by atoms with Crippen LogP contribution in [0.3, 0.4) is 0 Å². The molecule has 92 valence electrons. The first-order valence-corrected chi connectivity index (χ1v) is 6.08. The van der Waals surface area contributed by atoms with Gasteiger partial charge < -0.3 is 10.6 Å². The molecule has 0 aliphatic rings. The average Bonchev–Trinajstić information content (AvgIpc) is 2.40. The van der Waals surface area contributed by atoms with Crippen molar-refractivity contribution in [2.45, 2.75) is 6.54 Å². The number of hydrogen-bond acceptors (Lipinski definition) is 3. The highest BCUT2D eigenvalue weighted by atomic mass is 32.1. The molecular formula is C14H15N3S. The Bertz CT molecular complexity index is 540. The van der Waals surface area contributed by atoms with Crippen molar-refractivity contribution in [3.63, 3.8) is 0 Å². The molecule has 2 rings (SSSR count). The van der Waals surface area contributed by atoms with Crippen molar-refractivity contribution in [3.8, 4) is 0 Å². The molecule has 0 unspecified atom stereocenters. The van der Waals surface area contributed by atoms with E-state index in [0.717, 1.165) is 23.5 Å². The molecule has 18 heavy (non-hydrogen) atoms. The number of rotatable bonds is 4. The predicted octanol–water partition coefficient (Wildman–Crippen LogP) is 2.35. The van der Waals surface area contributed by atoms with Crippen molar-refractivity contribution in [1.82, 2.24) is 4.98 Å². The van der Waals surface area contributed by atoms with E-state index in [9.17, 15) is 0 Å². The van der Waals surface area contributed by atoms with E-state index >= 15 is 0 Å². The lowest BCUT2D eigenvalue weighted by Crippen LogP contribution is -2.18. The van der Waals surface area contributed by atoms with Crippen molar-refractivity contribution in [1.29, 1.82) is 0 Å². The van der Waals surface area contributed by atoms with Crippen LogP contribution in [-0.2, 0) is 6.54 Å². The van der Waals surface area contributed by atoms with Crippen LogP contribution in [0, 0.1) is 0 Å². The predicted molar refractivity (Wildman–Crippen MR) is 78.7 cm³/mol. The monoisotopic (exact) mass is 257 g/mol. The maximum atomic E-state index is 5.63. The van der Waals surface area contributed by atoms with Gasteiger partial charge in [-0.25, -0.2) is 4.98 Å². The number of thiocarbonyl (C=S) groups is 1. The number of aromatic nitrogens is 1. The molecule has 1 aromatic carbocycles. The normalized spacial score (nSPS) is 10.1. The van der Waals surface area contributed by atoms with Gasteiger partial charge in [0.2, 0.25) is 0 Å². The van der Waals surface area contributed by atoms with Crippen molar-refractivity contribution in [2.24, 2.45) is 5.73 Å². The van der Waals surface area contributed by atoms with Gasteiger partial charge in [0.05, 0.1) is 0 Å². The summed E-state index contributed by atoms with van der Waals surface area (Å²) in [5.74, 6) is 0.943. The molecule has 0 spiro atoms. The SMILES string of the molecule is CN(Cc1cccc(C(N)=S)c1)c1ccccn1. The maximum Gasteiger partial charge on any atom is 0.128 e. The highest BCUT2D eigenvalue weighted by Gasteiger charge is 2.04. The van der Waals surface area contributed by atoms with E-state index in [0.29, 0.717) is 4.99 Å². The fraction of sp³-hybridized carbons (Fsp3) is 0.143. The largest absolute Gasteiger partial charge is 0.389 e. The number of benzene rings is 1. The summed E-state index contributed by atoms with van der Waals surface area (Å²) in [4.78, 5) is 6.82. The van der Waals surface area contributed by atoms with Gasteiger partial charge in [-0.15, -0.1) is 0 Å². The minimum absolute atomic E-state index is 0.428. The highest BCUT2D eigenvalue weighted by molar-refractivity contribution is 7.80. The number of hydrogen-bond donors (Lipinski definition) is 1. The maximum absolute atomic E-state index is 5.63. The van der Waals surface area contributed by atoms with Gasteiger partial charge in [-0.3, -0.25) is 0 Å². The Morgan fingerprint density at radius 3 is 2.78 bits per heavy atom. The number of nitrogens with two attached hydrogens (primary N) is 1. The van der Waals surface area contributed by atoms with E-state index in [1.54, 1.807) is 6.20 Å². The molecule has 0 fully saturated rings. The third-order valence-electron chi connectivity index (χ3n) is 2.67. The Labute approximate surface area is 112 Å². The minimum Gasteiger partial charge on any atom is -0.389 e. The van der Waals surface area contributed by atoms with E-state index in [-0.39, 0.29) is 0 Å². The number of nitrogens with zero attached hydrogens (tertiary/aromatic N) is 2. The second-order valence-corrected chi connectivity index (χ2v) is 4.55. The molecule has 1 aromatic heterocycles. The summed E-state index contributed by atoms with van der Waals surface area (Å²) < 4.78 is 0. The van der Waals surface area contributed by atoms with Crippen LogP contribution in [0.2, 0.25) is 0 Å². The molecule has 0 saturated heterocycles. The molecule has 0 aliphatic heterocycles. The van der Waals surface area contributed by atoms with E-state index in [1.807, 2.05) is 43.4 Å². The van der Waals surface area contributed by atoms with Gasteiger partial charge in [-0.05, 0) is 23.8 Å². The van der Waals surface area contributed by atoms with Gasteiger partial charge in [0.1, 0.15) is 10.8 Å². The van der Waals surface area contributed by atoms with E-state index in [2.05, 4.69) is 16.0 Å². The average molecular weight is 257 g/mol. The molecule has 0 radical (unpaired) electrons. The second kappa shape index (κ2) is 5.60. The summed E-state index contributed by atoms with van der Waals surface area (Å²) in [7, 11) is 2.01. The van der Waals surface area contributed by atoms with E-state index in [1.165, 1.54) is 0 Å². The van der Waals surface area contributed by atoms with Crippen LogP contribution in [0.1, 0.15) is 11.1 Å². The zero-order valence-electron chi connectivity index (χ0n) is 10.2. The van der Waals surface area contributed by atoms with Crippen molar-refractivity contribution in [3.05, 3.63) is 59.8 Å². The zero-order valence-corrected chi connectivity index (χ0v) is 11.0. The van der Waals surface area contributed by atoms with E-state index in [4.69, 9.17) is 18.0 Å². The van der Waals surface area contributed by atoms with Gasteiger partial charge in [-0.1, -0.05) is 36.5 Å². The fourth-order valence-electron chi connectivity index (χ4n) is 1.76. The first-order valence-electron chi connectivity index (χ1n) is 5.68. The molecule has 0 saturated carbocycles. The van der Waals surface area contributed by atoms with Gasteiger partial charge in [0.25, 0.3) is 0 Å². The third kappa shape index (κ3) is 3.05. The Kier molecular flexibility index (Phi) is 3.89. The molecule has 0 atom stereocenters. The smallest absolute Gasteiger partial charge is 0.128 e. The molecular weight excluding hydrogens is 242 g/mol. The third-order valence-corrected chi connectivity index (χ3v) is 2.91. The van der Waals surface area contributed by atoms with Gasteiger partial charge in [0, 0.05) is 25.4 Å². The Morgan fingerprint density at radius 2 is 2.11 bits per heavy atom. The fourth-order valence-corrected chi connectivity index (χ4v) is 1.88. The standard InChI is InChI=1S/C14H15N3S/c1-17(13-7-2-3-8-16-13)10-11-5-4-6-12(9-11)14(15)18/h2-9H,10H2,1H3,(H2,15,18). The van der Waals surface area contributed by atoms with Crippen LogP contribution in [0.15, 0.2) is 48.7 Å². The second-order valence-electron chi connectivity index (χ2n) is 4.11. The summed E-state index contributed by atoms with van der Waals surface area (Å²) in [6, 6.07) is 13.8. The lowest BCUT2D eigenvalue weighted by atomic mass is 10.1. The van der Waals surface area contributed by atoms with Gasteiger partial charge in [0.15, 0.2) is 0 Å². The molecule has 0 aliphatic carbocycles.